The minimum atomic E-state index is -4.48. The van der Waals surface area contributed by atoms with Gasteiger partial charge >= 0.3 is 6.18 Å². The number of thiazole rings is 1. The molecule has 3 nitrogen and oxygen atoms in total. The van der Waals surface area contributed by atoms with Crippen LogP contribution in [0.25, 0.3) is 22.5 Å². The monoisotopic (exact) mass is 355 g/mol. The van der Waals surface area contributed by atoms with Crippen molar-refractivity contribution in [3.63, 3.8) is 0 Å². The first-order valence-corrected chi connectivity index (χ1v) is 7.65. The van der Waals surface area contributed by atoms with E-state index in [1.807, 2.05) is 6.07 Å². The minimum Gasteiger partial charge on any atom is -0.375 e. The fourth-order valence-electron chi connectivity index (χ4n) is 2.05. The van der Waals surface area contributed by atoms with Gasteiger partial charge in [-0.2, -0.15) is 13.2 Å². The van der Waals surface area contributed by atoms with Crippen LogP contribution in [-0.4, -0.2) is 9.97 Å². The number of nitrogen functional groups attached to an aromatic ring is 1. The second-order valence-electron chi connectivity index (χ2n) is 4.70. The Morgan fingerprint density at radius 2 is 1.87 bits per heavy atom. The fourth-order valence-corrected chi connectivity index (χ4v) is 2.90. The van der Waals surface area contributed by atoms with E-state index in [2.05, 4.69) is 9.97 Å². The zero-order valence-corrected chi connectivity index (χ0v) is 13.0. The molecule has 118 valence electrons. The Morgan fingerprint density at radius 1 is 1.13 bits per heavy atom. The highest BCUT2D eigenvalue weighted by Gasteiger charge is 2.31. The highest BCUT2D eigenvalue weighted by molar-refractivity contribution is 7.13. The molecule has 3 aromatic rings. The summed E-state index contributed by atoms with van der Waals surface area (Å²) in [7, 11) is 0. The topological polar surface area (TPSA) is 51.8 Å². The summed E-state index contributed by atoms with van der Waals surface area (Å²) in [6.45, 7) is 0. The van der Waals surface area contributed by atoms with Gasteiger partial charge in [0, 0.05) is 22.7 Å². The van der Waals surface area contributed by atoms with Gasteiger partial charge in [0.15, 0.2) is 5.13 Å². The number of nitrogens with zero attached hydrogens (tertiary/aromatic N) is 2. The summed E-state index contributed by atoms with van der Waals surface area (Å²) in [4.78, 5) is 8.04. The molecule has 0 amide bonds. The SMILES string of the molecule is Nc1nc(-c2cccc(-c3ncc(C(F)(F)F)cc3Cl)c2)cs1. The number of aromatic nitrogens is 2. The number of anilines is 1. The van der Waals surface area contributed by atoms with Gasteiger partial charge in [-0.05, 0) is 12.1 Å². The number of alkyl halides is 3. The van der Waals surface area contributed by atoms with Gasteiger partial charge in [0.05, 0.1) is 22.0 Å². The summed E-state index contributed by atoms with van der Waals surface area (Å²) in [6.07, 6.45) is -3.70. The maximum Gasteiger partial charge on any atom is 0.417 e. The predicted molar refractivity (Wildman–Crippen MR) is 85.2 cm³/mol. The van der Waals surface area contributed by atoms with Crippen LogP contribution in [-0.2, 0) is 6.18 Å². The first-order valence-electron chi connectivity index (χ1n) is 6.39. The fraction of sp³-hybridized carbons (Fsp3) is 0.0667. The Balaban J connectivity index is 2.02. The van der Waals surface area contributed by atoms with Crippen molar-refractivity contribution in [3.8, 4) is 22.5 Å². The van der Waals surface area contributed by atoms with Crippen LogP contribution >= 0.6 is 22.9 Å². The molecule has 3 rings (SSSR count). The Kier molecular flexibility index (Phi) is 3.99. The molecule has 0 bridgehead atoms. The molecular weight excluding hydrogens is 347 g/mol. The molecule has 0 radical (unpaired) electrons. The van der Waals surface area contributed by atoms with E-state index in [-0.39, 0.29) is 10.7 Å². The molecule has 0 saturated carbocycles. The lowest BCUT2D eigenvalue weighted by Gasteiger charge is -2.10. The first-order chi connectivity index (χ1) is 10.8. The van der Waals surface area contributed by atoms with Crippen LogP contribution in [0, 0.1) is 0 Å². The van der Waals surface area contributed by atoms with E-state index >= 15 is 0 Å². The molecule has 0 spiro atoms. The standard InChI is InChI=1S/C15H9ClF3N3S/c16-11-5-10(15(17,18)19)6-21-13(11)9-3-1-2-8(4-9)12-7-23-14(20)22-12/h1-7H,(H2,20,22). The van der Waals surface area contributed by atoms with Gasteiger partial charge in [0.25, 0.3) is 0 Å². The summed E-state index contributed by atoms with van der Waals surface area (Å²) in [5.41, 5.74) is 7.10. The number of halogens is 4. The van der Waals surface area contributed by atoms with Crippen molar-refractivity contribution in [2.75, 3.05) is 5.73 Å². The smallest absolute Gasteiger partial charge is 0.375 e. The number of pyridine rings is 1. The molecule has 0 aliphatic heterocycles. The third-order valence-corrected chi connectivity index (χ3v) is 4.08. The van der Waals surface area contributed by atoms with Crippen molar-refractivity contribution in [2.45, 2.75) is 6.18 Å². The summed E-state index contributed by atoms with van der Waals surface area (Å²) in [6, 6.07) is 7.94. The molecule has 0 saturated heterocycles. The van der Waals surface area contributed by atoms with Crippen molar-refractivity contribution in [1.29, 1.82) is 0 Å². The van der Waals surface area contributed by atoms with Crippen LogP contribution in [0.15, 0.2) is 41.9 Å². The van der Waals surface area contributed by atoms with Crippen molar-refractivity contribution >= 4 is 28.1 Å². The maximum absolute atomic E-state index is 12.7. The highest BCUT2D eigenvalue weighted by atomic mass is 35.5. The van der Waals surface area contributed by atoms with Gasteiger partial charge in [-0.1, -0.05) is 29.8 Å². The predicted octanol–water partition coefficient (Wildman–Crippen LogP) is 5.13. The first kappa shape index (κ1) is 15.8. The van der Waals surface area contributed by atoms with Crippen molar-refractivity contribution in [3.05, 3.63) is 52.5 Å². The Morgan fingerprint density at radius 3 is 2.48 bits per heavy atom. The number of nitrogens with two attached hydrogens (primary N) is 1. The molecule has 8 heteroatoms. The van der Waals surface area contributed by atoms with Crippen molar-refractivity contribution in [1.82, 2.24) is 9.97 Å². The molecule has 2 N–H and O–H groups in total. The average molecular weight is 356 g/mol. The lowest BCUT2D eigenvalue weighted by atomic mass is 10.1. The van der Waals surface area contributed by atoms with Gasteiger partial charge in [-0.25, -0.2) is 4.98 Å². The Bertz CT molecular complexity index is 861. The van der Waals surface area contributed by atoms with E-state index in [1.165, 1.54) is 11.3 Å². The Labute approximate surface area is 138 Å². The van der Waals surface area contributed by atoms with Crippen molar-refractivity contribution < 1.29 is 13.2 Å². The van der Waals surface area contributed by atoms with Gasteiger partial charge in [-0.15, -0.1) is 11.3 Å². The van der Waals surface area contributed by atoms with E-state index in [0.717, 1.165) is 17.8 Å². The molecule has 0 unspecified atom stereocenters. The average Bonchev–Trinajstić information content (AvgIpc) is 2.93. The second-order valence-corrected chi connectivity index (χ2v) is 6.00. The molecule has 0 fully saturated rings. The summed E-state index contributed by atoms with van der Waals surface area (Å²) in [5, 5.41) is 2.18. The molecule has 2 heterocycles. The molecule has 1 aromatic carbocycles. The normalized spacial score (nSPS) is 11.7. The molecule has 0 aliphatic rings. The number of rotatable bonds is 2. The maximum atomic E-state index is 12.7. The van der Waals surface area contributed by atoms with Gasteiger partial charge in [0.2, 0.25) is 0 Å². The molecule has 0 aliphatic carbocycles. The molecule has 2 aromatic heterocycles. The van der Waals surface area contributed by atoms with Crippen LogP contribution in [0.4, 0.5) is 18.3 Å². The van der Waals surface area contributed by atoms with E-state index in [1.54, 1.807) is 23.6 Å². The quantitative estimate of drug-likeness (QED) is 0.693. The minimum absolute atomic E-state index is 0.0604. The third kappa shape index (κ3) is 3.30. The summed E-state index contributed by atoms with van der Waals surface area (Å²) in [5.74, 6) is 0. The van der Waals surface area contributed by atoms with Crippen molar-refractivity contribution in [2.24, 2.45) is 0 Å². The lowest BCUT2D eigenvalue weighted by molar-refractivity contribution is -0.137. The van der Waals surface area contributed by atoms with Crippen LogP contribution in [0.3, 0.4) is 0 Å². The Hall–Kier alpha value is -2.12. The zero-order valence-electron chi connectivity index (χ0n) is 11.4. The van der Waals surface area contributed by atoms with E-state index < -0.39 is 11.7 Å². The number of hydrogen-bond acceptors (Lipinski definition) is 4. The van der Waals surface area contributed by atoms with E-state index in [9.17, 15) is 13.2 Å². The third-order valence-electron chi connectivity index (χ3n) is 3.12. The zero-order chi connectivity index (χ0) is 16.6. The largest absolute Gasteiger partial charge is 0.417 e. The molecule has 0 atom stereocenters. The highest BCUT2D eigenvalue weighted by Crippen LogP contribution is 2.35. The second kappa shape index (κ2) is 5.82. The van der Waals surface area contributed by atoms with Crippen LogP contribution < -0.4 is 5.73 Å². The van der Waals surface area contributed by atoms with Crippen LogP contribution in [0.5, 0.6) is 0 Å². The lowest BCUT2D eigenvalue weighted by Crippen LogP contribution is -2.05. The van der Waals surface area contributed by atoms with Gasteiger partial charge in [-0.3, -0.25) is 4.98 Å². The van der Waals surface area contributed by atoms with E-state index in [4.69, 9.17) is 17.3 Å². The van der Waals surface area contributed by atoms with Gasteiger partial charge < -0.3 is 5.73 Å². The summed E-state index contributed by atoms with van der Waals surface area (Å²) < 4.78 is 38.0. The van der Waals surface area contributed by atoms with E-state index in [0.29, 0.717) is 16.4 Å². The number of hydrogen-bond donors (Lipinski definition) is 1. The van der Waals surface area contributed by atoms with Crippen LogP contribution in [0.2, 0.25) is 5.02 Å². The number of benzene rings is 1. The summed E-state index contributed by atoms with van der Waals surface area (Å²) >= 11 is 7.29. The molecular formula is C15H9ClF3N3S. The molecule has 23 heavy (non-hydrogen) atoms. The van der Waals surface area contributed by atoms with Gasteiger partial charge in [0.1, 0.15) is 0 Å². The van der Waals surface area contributed by atoms with Crippen LogP contribution in [0.1, 0.15) is 5.56 Å².